The number of hydrogen-bond donors (Lipinski definition) is 2. The van der Waals surface area contributed by atoms with Crippen LogP contribution in [0.25, 0.3) is 0 Å². The zero-order chi connectivity index (χ0) is 13.3. The van der Waals surface area contributed by atoms with Gasteiger partial charge in [0, 0.05) is 17.6 Å². The highest BCUT2D eigenvalue weighted by atomic mass is 16.2. The zero-order valence-electron chi connectivity index (χ0n) is 11.5. The fourth-order valence-electron chi connectivity index (χ4n) is 3.21. The van der Waals surface area contributed by atoms with Gasteiger partial charge in [0.05, 0.1) is 6.20 Å². The summed E-state index contributed by atoms with van der Waals surface area (Å²) in [5, 5.41) is 11.0. The first kappa shape index (κ1) is 12.7. The summed E-state index contributed by atoms with van der Waals surface area (Å²) in [5.74, 6) is 0.0664. The minimum atomic E-state index is -0.0338. The number of hydrogen-bond acceptors (Lipinski definition) is 3. The summed E-state index contributed by atoms with van der Waals surface area (Å²) >= 11 is 0. The van der Waals surface area contributed by atoms with Gasteiger partial charge in [-0.05, 0) is 38.8 Å². The standard InChI is InChI=1S/C14H22N4O/c1-2-3-8-18-12-11(10-16-18)9-14(17-13(12)19)4-6-15-7-5-14/h10,15H,2-9H2,1H3,(H,17,19). The summed E-state index contributed by atoms with van der Waals surface area (Å²) in [6.07, 6.45) is 7.04. The highest BCUT2D eigenvalue weighted by molar-refractivity contribution is 5.95. The van der Waals surface area contributed by atoms with E-state index in [0.717, 1.165) is 63.0 Å². The van der Waals surface area contributed by atoms with Crippen molar-refractivity contribution in [3.05, 3.63) is 17.5 Å². The van der Waals surface area contributed by atoms with Crippen molar-refractivity contribution in [2.75, 3.05) is 13.1 Å². The maximum absolute atomic E-state index is 12.4. The second-order valence-electron chi connectivity index (χ2n) is 5.76. The van der Waals surface area contributed by atoms with Gasteiger partial charge in [0.2, 0.25) is 0 Å². The Morgan fingerprint density at radius 3 is 2.95 bits per heavy atom. The Hall–Kier alpha value is -1.36. The van der Waals surface area contributed by atoms with E-state index < -0.39 is 0 Å². The molecular weight excluding hydrogens is 240 g/mol. The van der Waals surface area contributed by atoms with Crippen molar-refractivity contribution in [3.63, 3.8) is 0 Å². The predicted octanol–water partition coefficient (Wildman–Crippen LogP) is 1.09. The SMILES string of the molecule is CCCCn1ncc2c1C(=O)NC1(CCNCC1)C2. The molecule has 5 nitrogen and oxygen atoms in total. The van der Waals surface area contributed by atoms with E-state index in [2.05, 4.69) is 22.7 Å². The number of aryl methyl sites for hydroxylation is 1. The fraction of sp³-hybridized carbons (Fsp3) is 0.714. The van der Waals surface area contributed by atoms with Crippen LogP contribution in [0.3, 0.4) is 0 Å². The number of fused-ring (bicyclic) bond motifs is 1. The Bertz CT molecular complexity index is 474. The highest BCUT2D eigenvalue weighted by Gasteiger charge is 2.40. The average Bonchev–Trinajstić information content (AvgIpc) is 2.80. The van der Waals surface area contributed by atoms with Gasteiger partial charge >= 0.3 is 0 Å². The van der Waals surface area contributed by atoms with Crippen molar-refractivity contribution < 1.29 is 4.79 Å². The van der Waals surface area contributed by atoms with E-state index in [1.165, 1.54) is 0 Å². The number of carbonyl (C=O) groups is 1. The first-order chi connectivity index (χ1) is 9.24. The molecule has 3 rings (SSSR count). The van der Waals surface area contributed by atoms with Gasteiger partial charge in [0.15, 0.2) is 0 Å². The lowest BCUT2D eigenvalue weighted by Gasteiger charge is -2.41. The predicted molar refractivity (Wildman–Crippen MR) is 73.1 cm³/mol. The first-order valence-corrected chi connectivity index (χ1v) is 7.32. The van der Waals surface area contributed by atoms with Gasteiger partial charge in [-0.1, -0.05) is 13.3 Å². The molecule has 1 aromatic rings. The van der Waals surface area contributed by atoms with Crippen LogP contribution in [0.4, 0.5) is 0 Å². The summed E-state index contributed by atoms with van der Waals surface area (Å²) in [6.45, 7) is 4.97. The van der Waals surface area contributed by atoms with Crippen molar-refractivity contribution in [2.45, 2.75) is 51.1 Å². The number of rotatable bonds is 3. The topological polar surface area (TPSA) is 59.0 Å². The minimum Gasteiger partial charge on any atom is -0.345 e. The number of nitrogens with zero attached hydrogens (tertiary/aromatic N) is 2. The van der Waals surface area contributed by atoms with Gasteiger partial charge in [-0.2, -0.15) is 5.10 Å². The second kappa shape index (κ2) is 4.96. The molecule has 1 saturated heterocycles. The smallest absolute Gasteiger partial charge is 0.270 e. The zero-order valence-corrected chi connectivity index (χ0v) is 11.5. The molecule has 0 aromatic carbocycles. The summed E-state index contributed by atoms with van der Waals surface area (Å²) < 4.78 is 1.88. The van der Waals surface area contributed by atoms with E-state index >= 15 is 0 Å². The number of piperidine rings is 1. The van der Waals surface area contributed by atoms with E-state index in [9.17, 15) is 4.79 Å². The maximum Gasteiger partial charge on any atom is 0.270 e. The van der Waals surface area contributed by atoms with Gasteiger partial charge in [0.1, 0.15) is 5.69 Å². The monoisotopic (exact) mass is 262 g/mol. The Balaban J connectivity index is 1.85. The molecular formula is C14H22N4O. The molecule has 3 heterocycles. The van der Waals surface area contributed by atoms with Crippen molar-refractivity contribution in [3.8, 4) is 0 Å². The number of unbranched alkanes of at least 4 members (excludes halogenated alkanes) is 1. The lowest BCUT2D eigenvalue weighted by Crippen LogP contribution is -2.58. The highest BCUT2D eigenvalue weighted by Crippen LogP contribution is 2.29. The molecule has 1 aromatic heterocycles. The van der Waals surface area contributed by atoms with Crippen LogP contribution in [0, 0.1) is 0 Å². The Morgan fingerprint density at radius 1 is 1.42 bits per heavy atom. The summed E-state index contributed by atoms with van der Waals surface area (Å²) in [4.78, 5) is 12.4. The van der Waals surface area contributed by atoms with Crippen LogP contribution in [-0.2, 0) is 13.0 Å². The van der Waals surface area contributed by atoms with Gasteiger partial charge < -0.3 is 10.6 Å². The van der Waals surface area contributed by atoms with Crippen LogP contribution in [0.1, 0.15) is 48.7 Å². The molecule has 1 amide bonds. The Morgan fingerprint density at radius 2 is 2.21 bits per heavy atom. The van der Waals surface area contributed by atoms with Crippen LogP contribution in [0.15, 0.2) is 6.20 Å². The van der Waals surface area contributed by atoms with Crippen LogP contribution in [0.2, 0.25) is 0 Å². The molecule has 5 heteroatoms. The molecule has 0 saturated carbocycles. The largest absolute Gasteiger partial charge is 0.345 e. The van der Waals surface area contributed by atoms with Crippen molar-refractivity contribution in [2.24, 2.45) is 0 Å². The molecule has 2 aliphatic heterocycles. The van der Waals surface area contributed by atoms with Crippen LogP contribution >= 0.6 is 0 Å². The van der Waals surface area contributed by atoms with Gasteiger partial charge in [0.25, 0.3) is 5.91 Å². The normalized spacial score (nSPS) is 21.2. The molecule has 104 valence electrons. The molecule has 0 unspecified atom stereocenters. The number of amides is 1. The van der Waals surface area contributed by atoms with E-state index in [1.54, 1.807) is 0 Å². The third-order valence-electron chi connectivity index (χ3n) is 4.32. The summed E-state index contributed by atoms with van der Waals surface area (Å²) in [7, 11) is 0. The molecule has 2 aliphatic rings. The molecule has 0 radical (unpaired) electrons. The van der Waals surface area contributed by atoms with E-state index in [-0.39, 0.29) is 11.4 Å². The van der Waals surface area contributed by atoms with Crippen LogP contribution < -0.4 is 10.6 Å². The van der Waals surface area contributed by atoms with E-state index in [0.29, 0.717) is 0 Å². The Labute approximate surface area is 113 Å². The van der Waals surface area contributed by atoms with Crippen LogP contribution in [0.5, 0.6) is 0 Å². The third-order valence-corrected chi connectivity index (χ3v) is 4.32. The third kappa shape index (κ3) is 2.27. The number of aromatic nitrogens is 2. The first-order valence-electron chi connectivity index (χ1n) is 7.32. The van der Waals surface area contributed by atoms with Crippen molar-refractivity contribution >= 4 is 5.91 Å². The van der Waals surface area contributed by atoms with E-state index in [1.807, 2.05) is 10.9 Å². The maximum atomic E-state index is 12.4. The lowest BCUT2D eigenvalue weighted by atomic mass is 9.80. The molecule has 0 bridgehead atoms. The Kier molecular flexibility index (Phi) is 3.31. The average molecular weight is 262 g/mol. The molecule has 19 heavy (non-hydrogen) atoms. The number of nitrogens with one attached hydrogen (secondary N) is 2. The fourth-order valence-corrected chi connectivity index (χ4v) is 3.21. The second-order valence-corrected chi connectivity index (χ2v) is 5.76. The summed E-state index contributed by atoms with van der Waals surface area (Å²) in [5.41, 5.74) is 1.88. The molecule has 0 atom stereocenters. The van der Waals surface area contributed by atoms with Gasteiger partial charge in [-0.3, -0.25) is 9.48 Å². The number of carbonyl (C=O) groups excluding carboxylic acids is 1. The molecule has 1 spiro atoms. The molecule has 0 aliphatic carbocycles. The van der Waals surface area contributed by atoms with Crippen molar-refractivity contribution in [1.82, 2.24) is 20.4 Å². The van der Waals surface area contributed by atoms with Crippen molar-refractivity contribution in [1.29, 1.82) is 0 Å². The van der Waals surface area contributed by atoms with Gasteiger partial charge in [-0.15, -0.1) is 0 Å². The quantitative estimate of drug-likeness (QED) is 0.857. The lowest BCUT2D eigenvalue weighted by molar-refractivity contribution is 0.0839. The van der Waals surface area contributed by atoms with Gasteiger partial charge in [-0.25, -0.2) is 0 Å². The molecule has 2 N–H and O–H groups in total. The molecule has 1 fully saturated rings. The van der Waals surface area contributed by atoms with Crippen LogP contribution in [-0.4, -0.2) is 34.3 Å². The summed E-state index contributed by atoms with van der Waals surface area (Å²) in [6, 6.07) is 0. The minimum absolute atomic E-state index is 0.0338. The van der Waals surface area contributed by atoms with E-state index in [4.69, 9.17) is 0 Å².